The Morgan fingerprint density at radius 1 is 0.905 bits per heavy atom. The van der Waals surface area contributed by atoms with E-state index in [1.165, 1.54) is 64.2 Å². The maximum Gasteiger partial charge on any atom is 0.0912 e. The highest BCUT2D eigenvalue weighted by Gasteiger charge is 2.29. The Morgan fingerprint density at radius 3 is 2.10 bits per heavy atom. The lowest BCUT2D eigenvalue weighted by Crippen LogP contribution is -2.25. The third kappa shape index (κ3) is 5.34. The number of allylic oxidation sites excluding steroid dienone is 4. The third-order valence-electron chi connectivity index (χ3n) is 5.74. The zero-order chi connectivity index (χ0) is 14.9. The van der Waals surface area contributed by atoms with Gasteiger partial charge in [0.15, 0.2) is 0 Å². The van der Waals surface area contributed by atoms with Crippen molar-refractivity contribution in [2.75, 3.05) is 0 Å². The highest BCUT2D eigenvalue weighted by Crippen LogP contribution is 2.42. The van der Waals surface area contributed by atoms with Crippen LogP contribution in [0.2, 0.25) is 0 Å². The Morgan fingerprint density at radius 2 is 1.52 bits per heavy atom. The van der Waals surface area contributed by atoms with Crippen LogP contribution in [0.1, 0.15) is 71.1 Å². The highest BCUT2D eigenvalue weighted by molar-refractivity contribution is 5.12. The smallest absolute Gasteiger partial charge is 0.0912 e. The van der Waals surface area contributed by atoms with Crippen molar-refractivity contribution in [3.05, 3.63) is 24.3 Å². The van der Waals surface area contributed by atoms with Gasteiger partial charge in [-0.05, 0) is 62.2 Å². The van der Waals surface area contributed by atoms with Gasteiger partial charge < -0.3 is 0 Å². The Balaban J connectivity index is 1.69. The van der Waals surface area contributed by atoms with E-state index in [4.69, 9.17) is 5.26 Å². The van der Waals surface area contributed by atoms with Gasteiger partial charge in [0.25, 0.3) is 0 Å². The number of hydrogen-bond donors (Lipinski definition) is 0. The fourth-order valence-electron chi connectivity index (χ4n) is 4.49. The van der Waals surface area contributed by atoms with E-state index in [1.54, 1.807) is 6.08 Å². The van der Waals surface area contributed by atoms with Gasteiger partial charge in [0, 0.05) is 6.08 Å². The molecule has 0 spiro atoms. The molecule has 0 aromatic rings. The van der Waals surface area contributed by atoms with Gasteiger partial charge in [-0.3, -0.25) is 0 Å². The molecule has 1 heteroatoms. The fourth-order valence-corrected chi connectivity index (χ4v) is 4.49. The summed E-state index contributed by atoms with van der Waals surface area (Å²) in [6.07, 6.45) is 22.2. The van der Waals surface area contributed by atoms with E-state index in [-0.39, 0.29) is 0 Å². The first kappa shape index (κ1) is 16.3. The molecule has 0 unspecified atom stereocenters. The van der Waals surface area contributed by atoms with Crippen molar-refractivity contribution >= 4 is 0 Å². The summed E-state index contributed by atoms with van der Waals surface area (Å²) in [6, 6.07) is 2.04. The van der Waals surface area contributed by atoms with E-state index in [2.05, 4.69) is 19.1 Å². The van der Waals surface area contributed by atoms with Crippen LogP contribution in [0.3, 0.4) is 0 Å². The molecule has 2 rings (SSSR count). The molecule has 2 aliphatic rings. The summed E-state index contributed by atoms with van der Waals surface area (Å²) in [4.78, 5) is 0. The molecule has 0 aromatic carbocycles. The number of nitrogens with zero attached hydrogens (tertiary/aromatic N) is 1. The highest BCUT2D eigenvalue weighted by atomic mass is 14.3. The maximum atomic E-state index is 8.46. The minimum Gasteiger partial charge on any atom is -0.193 e. The van der Waals surface area contributed by atoms with Gasteiger partial charge in [-0.2, -0.15) is 5.26 Å². The molecule has 0 N–H and O–H groups in total. The van der Waals surface area contributed by atoms with E-state index in [9.17, 15) is 0 Å². The summed E-state index contributed by atoms with van der Waals surface area (Å²) >= 11 is 0. The van der Waals surface area contributed by atoms with Gasteiger partial charge >= 0.3 is 0 Å². The molecule has 0 heterocycles. The second-order valence-corrected chi connectivity index (χ2v) is 7.12. The van der Waals surface area contributed by atoms with Gasteiger partial charge in [0.2, 0.25) is 0 Å². The molecular weight excluding hydrogens is 254 g/mol. The predicted molar refractivity (Wildman–Crippen MR) is 89.7 cm³/mol. The van der Waals surface area contributed by atoms with Crippen molar-refractivity contribution in [1.82, 2.24) is 0 Å². The predicted octanol–water partition coefficient (Wildman–Crippen LogP) is 6.04. The van der Waals surface area contributed by atoms with Crippen molar-refractivity contribution in [2.45, 2.75) is 71.1 Å². The van der Waals surface area contributed by atoms with Gasteiger partial charge in [-0.1, -0.05) is 50.8 Å². The van der Waals surface area contributed by atoms with E-state index in [0.29, 0.717) is 0 Å². The molecule has 0 aromatic heterocycles. The van der Waals surface area contributed by atoms with E-state index < -0.39 is 0 Å². The zero-order valence-corrected chi connectivity index (χ0v) is 13.6. The molecular formula is C20H31N. The van der Waals surface area contributed by atoms with Crippen molar-refractivity contribution in [1.29, 1.82) is 5.26 Å². The number of nitriles is 1. The lowest BCUT2D eigenvalue weighted by Gasteiger charge is -2.37. The van der Waals surface area contributed by atoms with Gasteiger partial charge in [0.05, 0.1) is 6.07 Å². The molecule has 0 atom stereocenters. The van der Waals surface area contributed by atoms with Crippen molar-refractivity contribution in [2.24, 2.45) is 23.7 Å². The third-order valence-corrected chi connectivity index (χ3v) is 5.74. The topological polar surface area (TPSA) is 23.8 Å². The van der Waals surface area contributed by atoms with Gasteiger partial charge in [-0.15, -0.1) is 0 Å². The lowest BCUT2D eigenvalue weighted by molar-refractivity contribution is 0.152. The number of hydrogen-bond acceptors (Lipinski definition) is 1. The summed E-state index contributed by atoms with van der Waals surface area (Å²) in [5, 5.41) is 8.46. The van der Waals surface area contributed by atoms with E-state index in [1.807, 2.05) is 12.1 Å². The maximum absolute atomic E-state index is 8.46. The Hall–Kier alpha value is -1.03. The minimum atomic E-state index is 0.751. The van der Waals surface area contributed by atoms with Crippen LogP contribution in [-0.2, 0) is 0 Å². The second-order valence-electron chi connectivity index (χ2n) is 7.12. The molecule has 2 fully saturated rings. The number of rotatable bonds is 5. The molecule has 0 aliphatic heterocycles. The van der Waals surface area contributed by atoms with Crippen molar-refractivity contribution < 1.29 is 0 Å². The first-order valence-corrected chi connectivity index (χ1v) is 9.06. The molecule has 116 valence electrons. The van der Waals surface area contributed by atoms with Crippen LogP contribution in [-0.4, -0.2) is 0 Å². The molecule has 2 aliphatic carbocycles. The molecule has 0 saturated heterocycles. The summed E-state index contributed by atoms with van der Waals surface area (Å²) in [5.41, 5.74) is 0. The van der Waals surface area contributed by atoms with E-state index >= 15 is 0 Å². The Bertz CT molecular complexity index is 371. The van der Waals surface area contributed by atoms with Crippen LogP contribution in [0.25, 0.3) is 0 Å². The van der Waals surface area contributed by atoms with E-state index in [0.717, 1.165) is 23.7 Å². The van der Waals surface area contributed by atoms with Gasteiger partial charge in [0.1, 0.15) is 0 Å². The Kier molecular flexibility index (Phi) is 7.07. The average molecular weight is 285 g/mol. The molecule has 0 bridgehead atoms. The second kappa shape index (κ2) is 9.08. The van der Waals surface area contributed by atoms with Gasteiger partial charge in [-0.25, -0.2) is 0 Å². The van der Waals surface area contributed by atoms with Crippen LogP contribution in [0.5, 0.6) is 0 Å². The van der Waals surface area contributed by atoms with Crippen LogP contribution in [0.15, 0.2) is 24.3 Å². The summed E-state index contributed by atoms with van der Waals surface area (Å²) < 4.78 is 0. The minimum absolute atomic E-state index is 0.751. The molecule has 21 heavy (non-hydrogen) atoms. The van der Waals surface area contributed by atoms with Crippen molar-refractivity contribution in [3.8, 4) is 6.07 Å². The molecule has 1 nitrogen and oxygen atoms in total. The normalized spacial score (nSPS) is 34.3. The standard InChI is InChI=1S/C20H31N/c1-2-6-17-8-12-19(13-9-17)20-14-10-18(11-15-20)7-4-3-5-16-21/h3-5,7,17-20H,2,6,8-15H2,1H3/t17-,18?,19-,20?. The summed E-state index contributed by atoms with van der Waals surface area (Å²) in [6.45, 7) is 2.33. The first-order chi connectivity index (χ1) is 10.3. The molecule has 0 amide bonds. The first-order valence-electron chi connectivity index (χ1n) is 9.06. The van der Waals surface area contributed by atoms with Crippen LogP contribution in [0.4, 0.5) is 0 Å². The molecule has 2 saturated carbocycles. The Labute approximate surface area is 131 Å². The zero-order valence-electron chi connectivity index (χ0n) is 13.6. The van der Waals surface area contributed by atoms with Crippen LogP contribution in [0, 0.1) is 35.0 Å². The van der Waals surface area contributed by atoms with Crippen LogP contribution >= 0.6 is 0 Å². The monoisotopic (exact) mass is 285 g/mol. The lowest BCUT2D eigenvalue weighted by atomic mass is 9.69. The molecule has 0 radical (unpaired) electrons. The SMILES string of the molecule is CCC[C@H]1CC[C@H](C2CCC(C=CC=CC#N)CC2)CC1. The fraction of sp³-hybridized carbons (Fsp3) is 0.750. The average Bonchev–Trinajstić information content (AvgIpc) is 2.53. The summed E-state index contributed by atoms with van der Waals surface area (Å²) in [5.74, 6) is 3.83. The summed E-state index contributed by atoms with van der Waals surface area (Å²) in [7, 11) is 0. The quantitative estimate of drug-likeness (QED) is 0.446. The van der Waals surface area contributed by atoms with Crippen molar-refractivity contribution in [3.63, 3.8) is 0 Å². The van der Waals surface area contributed by atoms with Crippen LogP contribution < -0.4 is 0 Å². The largest absolute Gasteiger partial charge is 0.193 e.